The molecule has 3 heteroatoms. The van der Waals surface area contributed by atoms with Gasteiger partial charge in [-0.25, -0.2) is 0 Å². The number of rotatable bonds is 5. The zero-order valence-corrected chi connectivity index (χ0v) is 12.0. The van der Waals surface area contributed by atoms with Crippen molar-refractivity contribution in [2.75, 3.05) is 14.2 Å². The van der Waals surface area contributed by atoms with E-state index in [9.17, 15) is 0 Å². The van der Waals surface area contributed by atoms with Gasteiger partial charge in [0.15, 0.2) is 0 Å². The van der Waals surface area contributed by atoms with E-state index in [1.54, 1.807) is 7.11 Å². The number of benzene rings is 2. The molecule has 2 aromatic carbocycles. The van der Waals surface area contributed by atoms with Crippen molar-refractivity contribution in [3.8, 4) is 5.75 Å². The molecule has 0 unspecified atom stereocenters. The lowest BCUT2D eigenvalue weighted by atomic mass is 10.1. The third kappa shape index (κ3) is 4.27. The van der Waals surface area contributed by atoms with E-state index in [1.807, 2.05) is 24.3 Å². The van der Waals surface area contributed by atoms with E-state index >= 15 is 0 Å². The average Bonchev–Trinajstić information content (AvgIpc) is 2.41. The molecule has 0 heterocycles. The van der Waals surface area contributed by atoms with Crippen LogP contribution in [0.3, 0.4) is 0 Å². The first-order valence-corrected chi connectivity index (χ1v) is 6.61. The standard InChI is InChI=1S/C16H18ClNO/c1-18(11-13-6-8-15(17)9-7-13)12-14-4-3-5-16(10-14)19-2/h3-10H,11-12H2,1-2H3. The van der Waals surface area contributed by atoms with Crippen LogP contribution in [-0.2, 0) is 13.1 Å². The van der Waals surface area contributed by atoms with E-state index in [0.29, 0.717) is 0 Å². The van der Waals surface area contributed by atoms with Crippen LogP contribution in [0.5, 0.6) is 5.75 Å². The molecule has 19 heavy (non-hydrogen) atoms. The van der Waals surface area contributed by atoms with Crippen molar-refractivity contribution in [3.63, 3.8) is 0 Å². The zero-order chi connectivity index (χ0) is 13.7. The molecular formula is C16H18ClNO. The van der Waals surface area contributed by atoms with Gasteiger partial charge in [-0.15, -0.1) is 0 Å². The highest BCUT2D eigenvalue weighted by Gasteiger charge is 2.03. The summed E-state index contributed by atoms with van der Waals surface area (Å²) < 4.78 is 5.23. The van der Waals surface area contributed by atoms with Crippen LogP contribution >= 0.6 is 11.6 Å². The first kappa shape index (κ1) is 13.9. The molecule has 0 bridgehead atoms. The minimum absolute atomic E-state index is 0.777. The molecular weight excluding hydrogens is 258 g/mol. The van der Waals surface area contributed by atoms with E-state index < -0.39 is 0 Å². The van der Waals surface area contributed by atoms with Crippen LogP contribution in [0.2, 0.25) is 5.02 Å². The van der Waals surface area contributed by atoms with Crippen molar-refractivity contribution in [3.05, 3.63) is 64.7 Å². The van der Waals surface area contributed by atoms with Gasteiger partial charge in [-0.05, 0) is 42.4 Å². The highest BCUT2D eigenvalue weighted by molar-refractivity contribution is 6.30. The molecule has 0 aliphatic heterocycles. The van der Waals surface area contributed by atoms with E-state index in [4.69, 9.17) is 16.3 Å². The van der Waals surface area contributed by atoms with E-state index in [2.05, 4.69) is 36.2 Å². The fraction of sp³-hybridized carbons (Fsp3) is 0.250. The average molecular weight is 276 g/mol. The molecule has 2 rings (SSSR count). The Balaban J connectivity index is 1.96. The summed E-state index contributed by atoms with van der Waals surface area (Å²) in [5.41, 5.74) is 2.51. The van der Waals surface area contributed by atoms with Crippen LogP contribution in [0.15, 0.2) is 48.5 Å². The van der Waals surface area contributed by atoms with Crippen molar-refractivity contribution in [1.82, 2.24) is 4.90 Å². The molecule has 2 aromatic rings. The number of hydrogen-bond acceptors (Lipinski definition) is 2. The van der Waals surface area contributed by atoms with Crippen molar-refractivity contribution in [2.45, 2.75) is 13.1 Å². The van der Waals surface area contributed by atoms with Crippen LogP contribution in [0.4, 0.5) is 0 Å². The molecule has 0 fully saturated rings. The fourth-order valence-corrected chi connectivity index (χ4v) is 2.17. The van der Waals surface area contributed by atoms with Gasteiger partial charge >= 0.3 is 0 Å². The Hall–Kier alpha value is -1.51. The van der Waals surface area contributed by atoms with Gasteiger partial charge in [-0.2, -0.15) is 0 Å². The SMILES string of the molecule is COc1cccc(CN(C)Cc2ccc(Cl)cc2)c1. The molecule has 0 amide bonds. The van der Waals surface area contributed by atoms with Crippen molar-refractivity contribution < 1.29 is 4.74 Å². The van der Waals surface area contributed by atoms with E-state index in [-0.39, 0.29) is 0 Å². The molecule has 0 aliphatic carbocycles. The first-order valence-electron chi connectivity index (χ1n) is 6.23. The fourth-order valence-electron chi connectivity index (χ4n) is 2.04. The van der Waals surface area contributed by atoms with Gasteiger partial charge < -0.3 is 4.74 Å². The maximum absolute atomic E-state index is 5.88. The molecule has 2 nitrogen and oxygen atoms in total. The van der Waals surface area contributed by atoms with Gasteiger partial charge in [0.25, 0.3) is 0 Å². The topological polar surface area (TPSA) is 12.5 Å². The number of hydrogen-bond donors (Lipinski definition) is 0. The lowest BCUT2D eigenvalue weighted by Gasteiger charge is -2.17. The van der Waals surface area contributed by atoms with Gasteiger partial charge in [0, 0.05) is 18.1 Å². The maximum atomic E-state index is 5.88. The molecule has 100 valence electrons. The van der Waals surface area contributed by atoms with Crippen molar-refractivity contribution >= 4 is 11.6 Å². The summed E-state index contributed by atoms with van der Waals surface area (Å²) in [6, 6.07) is 16.1. The molecule has 0 atom stereocenters. The number of ether oxygens (including phenoxy) is 1. The third-order valence-electron chi connectivity index (χ3n) is 2.95. The van der Waals surface area contributed by atoms with E-state index in [0.717, 1.165) is 23.9 Å². The molecule has 0 saturated heterocycles. The Labute approximate surface area is 119 Å². The largest absolute Gasteiger partial charge is 0.497 e. The van der Waals surface area contributed by atoms with Crippen LogP contribution in [0, 0.1) is 0 Å². The van der Waals surface area contributed by atoms with Gasteiger partial charge in [-0.1, -0.05) is 35.9 Å². The molecule has 0 radical (unpaired) electrons. The maximum Gasteiger partial charge on any atom is 0.119 e. The van der Waals surface area contributed by atoms with Gasteiger partial charge in [0.2, 0.25) is 0 Å². The Kier molecular flexibility index (Phi) is 4.83. The minimum atomic E-state index is 0.777. The molecule has 0 spiro atoms. The lowest BCUT2D eigenvalue weighted by Crippen LogP contribution is -2.17. The number of nitrogens with zero attached hydrogens (tertiary/aromatic N) is 1. The highest BCUT2D eigenvalue weighted by Crippen LogP contribution is 2.15. The summed E-state index contributed by atoms with van der Waals surface area (Å²) >= 11 is 5.88. The smallest absolute Gasteiger partial charge is 0.119 e. The molecule has 0 aromatic heterocycles. The third-order valence-corrected chi connectivity index (χ3v) is 3.20. The molecule has 0 saturated carbocycles. The summed E-state index contributed by atoms with van der Waals surface area (Å²) in [6.07, 6.45) is 0. The summed E-state index contributed by atoms with van der Waals surface area (Å²) in [7, 11) is 3.80. The highest BCUT2D eigenvalue weighted by atomic mass is 35.5. The second-order valence-electron chi connectivity index (χ2n) is 4.65. The van der Waals surface area contributed by atoms with E-state index in [1.165, 1.54) is 11.1 Å². The second kappa shape index (κ2) is 6.60. The predicted octanol–water partition coefficient (Wildman–Crippen LogP) is 3.98. The van der Waals surface area contributed by atoms with Crippen molar-refractivity contribution in [1.29, 1.82) is 0 Å². The summed E-state index contributed by atoms with van der Waals surface area (Å²) in [5, 5.41) is 0.777. The Morgan fingerprint density at radius 2 is 1.68 bits per heavy atom. The monoisotopic (exact) mass is 275 g/mol. The van der Waals surface area contributed by atoms with Crippen LogP contribution in [-0.4, -0.2) is 19.1 Å². The molecule has 0 N–H and O–H groups in total. The van der Waals surface area contributed by atoms with Gasteiger partial charge in [-0.3, -0.25) is 4.90 Å². The Morgan fingerprint density at radius 1 is 1.00 bits per heavy atom. The first-order chi connectivity index (χ1) is 9.17. The minimum Gasteiger partial charge on any atom is -0.497 e. The second-order valence-corrected chi connectivity index (χ2v) is 5.09. The van der Waals surface area contributed by atoms with Crippen LogP contribution in [0.1, 0.15) is 11.1 Å². The summed E-state index contributed by atoms with van der Waals surface area (Å²) in [5.74, 6) is 0.900. The normalized spacial score (nSPS) is 10.7. The lowest BCUT2D eigenvalue weighted by molar-refractivity contribution is 0.318. The van der Waals surface area contributed by atoms with Gasteiger partial charge in [0.05, 0.1) is 7.11 Å². The number of halogens is 1. The zero-order valence-electron chi connectivity index (χ0n) is 11.3. The Bertz CT molecular complexity index is 525. The summed E-state index contributed by atoms with van der Waals surface area (Å²) in [4.78, 5) is 2.26. The quantitative estimate of drug-likeness (QED) is 0.818. The van der Waals surface area contributed by atoms with Gasteiger partial charge in [0.1, 0.15) is 5.75 Å². The van der Waals surface area contributed by atoms with Crippen LogP contribution < -0.4 is 4.74 Å². The molecule has 0 aliphatic rings. The Morgan fingerprint density at radius 3 is 2.37 bits per heavy atom. The van der Waals surface area contributed by atoms with Crippen LogP contribution in [0.25, 0.3) is 0 Å². The number of methoxy groups -OCH3 is 1. The van der Waals surface area contributed by atoms with Crippen molar-refractivity contribution in [2.24, 2.45) is 0 Å². The predicted molar refractivity (Wildman–Crippen MR) is 79.6 cm³/mol. The summed E-state index contributed by atoms with van der Waals surface area (Å²) in [6.45, 7) is 1.79.